The van der Waals surface area contributed by atoms with E-state index in [1.165, 1.54) is 17.0 Å². The molecule has 0 unspecified atom stereocenters. The maximum absolute atomic E-state index is 12.8. The number of rotatable bonds is 6. The molecule has 1 aromatic carbocycles. The van der Waals surface area contributed by atoms with Crippen molar-refractivity contribution >= 4 is 5.91 Å². The van der Waals surface area contributed by atoms with E-state index >= 15 is 0 Å². The first kappa shape index (κ1) is 13.4. The quantitative estimate of drug-likeness (QED) is 0.809. The molecule has 0 fully saturated rings. The van der Waals surface area contributed by atoms with Crippen LogP contribution in [0.5, 0.6) is 5.75 Å². The highest BCUT2D eigenvalue weighted by Gasteiger charge is 2.07. The normalized spacial score (nSPS) is 10.1. The van der Waals surface area contributed by atoms with Crippen LogP contribution in [0.25, 0.3) is 0 Å². The van der Waals surface area contributed by atoms with Gasteiger partial charge in [0.25, 0.3) is 0 Å². The zero-order chi connectivity index (χ0) is 12.7. The van der Waals surface area contributed by atoms with E-state index in [0.29, 0.717) is 12.3 Å². The molecule has 0 aliphatic rings. The number of halogens is 1. The third-order valence-corrected chi connectivity index (χ3v) is 2.24. The molecule has 1 rings (SSSR count). The Morgan fingerprint density at radius 3 is 2.94 bits per heavy atom. The van der Waals surface area contributed by atoms with Crippen LogP contribution in [0.2, 0.25) is 0 Å². The van der Waals surface area contributed by atoms with Crippen LogP contribution in [0.15, 0.2) is 24.3 Å². The number of benzene rings is 1. The van der Waals surface area contributed by atoms with E-state index in [9.17, 15) is 9.18 Å². The number of nitrogens with zero attached hydrogens (tertiary/aromatic N) is 1. The fourth-order valence-electron chi connectivity index (χ4n) is 1.28. The van der Waals surface area contributed by atoms with Crippen molar-refractivity contribution in [3.63, 3.8) is 0 Å². The first-order valence-electron chi connectivity index (χ1n) is 5.36. The van der Waals surface area contributed by atoms with Crippen LogP contribution < -0.4 is 4.74 Å². The minimum Gasteiger partial charge on any atom is -0.493 e. The molecule has 0 radical (unpaired) electrons. The van der Waals surface area contributed by atoms with Crippen molar-refractivity contribution in [2.75, 3.05) is 26.8 Å². The summed E-state index contributed by atoms with van der Waals surface area (Å²) >= 11 is 0. The van der Waals surface area contributed by atoms with Crippen LogP contribution in [-0.2, 0) is 4.79 Å². The largest absolute Gasteiger partial charge is 0.493 e. The Kier molecular flexibility index (Phi) is 5.42. The van der Waals surface area contributed by atoms with Crippen molar-refractivity contribution < 1.29 is 19.0 Å². The van der Waals surface area contributed by atoms with Crippen molar-refractivity contribution in [2.45, 2.75) is 6.42 Å². The number of likely N-dealkylation sites (N-methyl/N-ethyl adjacent to an activating group) is 1. The molecule has 5 heteroatoms. The smallest absolute Gasteiger partial charge is 0.225 e. The van der Waals surface area contributed by atoms with E-state index in [2.05, 4.69) is 0 Å². The number of ether oxygens (including phenoxy) is 1. The average molecular weight is 241 g/mol. The van der Waals surface area contributed by atoms with E-state index in [0.717, 1.165) is 0 Å². The molecule has 0 aliphatic carbocycles. The minimum absolute atomic E-state index is 0.0625. The highest BCUT2D eigenvalue weighted by Crippen LogP contribution is 2.12. The zero-order valence-electron chi connectivity index (χ0n) is 9.73. The van der Waals surface area contributed by atoms with Gasteiger partial charge in [-0.25, -0.2) is 4.39 Å². The molecule has 0 saturated carbocycles. The van der Waals surface area contributed by atoms with Gasteiger partial charge in [0.1, 0.15) is 11.6 Å². The van der Waals surface area contributed by atoms with Crippen molar-refractivity contribution in [3.05, 3.63) is 30.1 Å². The Morgan fingerprint density at radius 2 is 2.29 bits per heavy atom. The van der Waals surface area contributed by atoms with E-state index in [4.69, 9.17) is 9.84 Å². The number of carbonyl (C=O) groups excluding carboxylic acids is 1. The molecule has 17 heavy (non-hydrogen) atoms. The molecular weight excluding hydrogens is 225 g/mol. The third-order valence-electron chi connectivity index (χ3n) is 2.24. The predicted octanol–water partition coefficient (Wildman–Crippen LogP) is 1.05. The second-order valence-corrected chi connectivity index (χ2v) is 3.59. The summed E-state index contributed by atoms with van der Waals surface area (Å²) in [4.78, 5) is 12.9. The molecule has 0 heterocycles. The summed E-state index contributed by atoms with van der Waals surface area (Å²) < 4.78 is 18.0. The van der Waals surface area contributed by atoms with Crippen LogP contribution >= 0.6 is 0 Å². The number of aliphatic hydroxyl groups excluding tert-OH is 1. The summed E-state index contributed by atoms with van der Waals surface area (Å²) in [6.07, 6.45) is 0.201. The SMILES string of the molecule is CN(CCO)C(=O)CCOc1cccc(F)c1. The van der Waals surface area contributed by atoms with Crippen LogP contribution in [0.3, 0.4) is 0 Å². The minimum atomic E-state index is -0.369. The molecule has 0 atom stereocenters. The van der Waals surface area contributed by atoms with E-state index < -0.39 is 0 Å². The number of amides is 1. The molecule has 1 N–H and O–H groups in total. The van der Waals surface area contributed by atoms with Gasteiger partial charge < -0.3 is 14.7 Å². The molecule has 0 saturated heterocycles. The van der Waals surface area contributed by atoms with E-state index in [1.807, 2.05) is 0 Å². The monoisotopic (exact) mass is 241 g/mol. The van der Waals surface area contributed by atoms with Gasteiger partial charge in [0, 0.05) is 19.7 Å². The predicted molar refractivity (Wildman–Crippen MR) is 61.2 cm³/mol. The molecular formula is C12H16FNO3. The van der Waals surface area contributed by atoms with Gasteiger partial charge in [-0.2, -0.15) is 0 Å². The maximum atomic E-state index is 12.8. The number of hydrogen-bond donors (Lipinski definition) is 1. The highest BCUT2D eigenvalue weighted by molar-refractivity contribution is 5.75. The topological polar surface area (TPSA) is 49.8 Å². The van der Waals surface area contributed by atoms with Gasteiger partial charge in [-0.15, -0.1) is 0 Å². The van der Waals surface area contributed by atoms with Crippen LogP contribution in [0, 0.1) is 5.82 Å². The maximum Gasteiger partial charge on any atom is 0.225 e. The van der Waals surface area contributed by atoms with Crippen LogP contribution in [0.4, 0.5) is 4.39 Å². The summed E-state index contributed by atoms with van der Waals surface area (Å²) in [7, 11) is 1.61. The van der Waals surface area contributed by atoms with Crippen LogP contribution in [0.1, 0.15) is 6.42 Å². The summed E-state index contributed by atoms with van der Waals surface area (Å²) in [5.74, 6) is -0.0794. The lowest BCUT2D eigenvalue weighted by atomic mass is 10.3. The third kappa shape index (κ3) is 4.82. The van der Waals surface area contributed by atoms with E-state index in [1.54, 1.807) is 19.2 Å². The number of hydrogen-bond acceptors (Lipinski definition) is 3. The van der Waals surface area contributed by atoms with Gasteiger partial charge in [0.15, 0.2) is 0 Å². The number of aliphatic hydroxyl groups is 1. The Balaban J connectivity index is 2.30. The molecule has 1 aromatic rings. The van der Waals surface area contributed by atoms with Gasteiger partial charge in [0.05, 0.1) is 19.6 Å². The van der Waals surface area contributed by atoms with Gasteiger partial charge in [-0.05, 0) is 12.1 Å². The lowest BCUT2D eigenvalue weighted by molar-refractivity contribution is -0.130. The van der Waals surface area contributed by atoms with Gasteiger partial charge in [-0.1, -0.05) is 6.07 Å². The lowest BCUT2D eigenvalue weighted by Crippen LogP contribution is -2.30. The Morgan fingerprint density at radius 1 is 1.53 bits per heavy atom. The standard InChI is InChI=1S/C12H16FNO3/c1-14(6-7-15)12(16)5-8-17-11-4-2-3-10(13)9-11/h2-4,9,15H,5-8H2,1H3. The van der Waals surface area contributed by atoms with Crippen molar-refractivity contribution in [2.24, 2.45) is 0 Å². The summed E-state index contributed by atoms with van der Waals surface area (Å²) in [6.45, 7) is 0.434. The first-order valence-corrected chi connectivity index (χ1v) is 5.36. The highest BCUT2D eigenvalue weighted by atomic mass is 19.1. The van der Waals surface area contributed by atoms with Crippen LogP contribution in [-0.4, -0.2) is 42.7 Å². The fraction of sp³-hybridized carbons (Fsp3) is 0.417. The Hall–Kier alpha value is -1.62. The molecule has 94 valence electrons. The molecule has 0 bridgehead atoms. The Labute approximate surface area is 99.6 Å². The zero-order valence-corrected chi connectivity index (χ0v) is 9.73. The summed E-state index contributed by atoms with van der Waals surface area (Å²) in [6, 6.07) is 5.77. The summed E-state index contributed by atoms with van der Waals surface area (Å²) in [5.41, 5.74) is 0. The summed E-state index contributed by atoms with van der Waals surface area (Å²) in [5, 5.41) is 8.65. The first-order chi connectivity index (χ1) is 8.13. The van der Waals surface area contributed by atoms with E-state index in [-0.39, 0.29) is 31.4 Å². The fourth-order valence-corrected chi connectivity index (χ4v) is 1.28. The van der Waals surface area contributed by atoms with Gasteiger partial charge in [0.2, 0.25) is 5.91 Å². The Bertz CT molecular complexity index is 371. The lowest BCUT2D eigenvalue weighted by Gasteiger charge is -2.15. The van der Waals surface area contributed by atoms with Gasteiger partial charge in [-0.3, -0.25) is 4.79 Å². The average Bonchev–Trinajstić information content (AvgIpc) is 2.29. The second-order valence-electron chi connectivity index (χ2n) is 3.59. The van der Waals surface area contributed by atoms with Crippen molar-refractivity contribution in [1.29, 1.82) is 0 Å². The molecule has 0 aromatic heterocycles. The molecule has 1 amide bonds. The molecule has 0 spiro atoms. The number of carbonyl (C=O) groups is 1. The van der Waals surface area contributed by atoms with Gasteiger partial charge >= 0.3 is 0 Å². The molecule has 0 aliphatic heterocycles. The van der Waals surface area contributed by atoms with Crippen molar-refractivity contribution in [3.8, 4) is 5.75 Å². The second kappa shape index (κ2) is 6.85. The molecule has 4 nitrogen and oxygen atoms in total. The van der Waals surface area contributed by atoms with Crippen molar-refractivity contribution in [1.82, 2.24) is 4.90 Å².